The quantitative estimate of drug-likeness (QED) is 0.409. The van der Waals surface area contributed by atoms with Crippen molar-refractivity contribution in [3.63, 3.8) is 0 Å². The highest BCUT2D eigenvalue weighted by molar-refractivity contribution is 5.92. The summed E-state index contributed by atoms with van der Waals surface area (Å²) in [6.07, 6.45) is 3.83. The van der Waals surface area contributed by atoms with Crippen molar-refractivity contribution in [1.29, 1.82) is 0 Å². The summed E-state index contributed by atoms with van der Waals surface area (Å²) >= 11 is 0. The number of nitrogens with one attached hydrogen (secondary N) is 2. The first-order valence-corrected chi connectivity index (χ1v) is 10.3. The first kappa shape index (κ1) is 21.2. The Bertz CT molecular complexity index is 718. The number of nitrogens with zero attached hydrogens (tertiary/aromatic N) is 3. The standard InChI is InChI=1S/C20H31N5O4/c1-15-6-14-29-17(15)18(26)22-7-4-8-23-20(21-2)25-11-9-24(10-12-25)19(27)16-5-3-13-28-16/h6,14,16H,3-5,7-13H2,1-2H3,(H,21,23)(H,22,26). The van der Waals surface area contributed by atoms with Gasteiger partial charge in [-0.1, -0.05) is 0 Å². The molecule has 2 amide bonds. The molecule has 3 rings (SSSR count). The Hall–Kier alpha value is -2.55. The molecular formula is C20H31N5O4. The average molecular weight is 405 g/mol. The Labute approximate surface area is 171 Å². The van der Waals surface area contributed by atoms with Crippen LogP contribution in [0.5, 0.6) is 0 Å². The van der Waals surface area contributed by atoms with Gasteiger partial charge >= 0.3 is 0 Å². The zero-order valence-corrected chi connectivity index (χ0v) is 17.3. The van der Waals surface area contributed by atoms with Crippen LogP contribution in [0.15, 0.2) is 21.7 Å². The number of guanidine groups is 1. The highest BCUT2D eigenvalue weighted by Gasteiger charge is 2.30. The summed E-state index contributed by atoms with van der Waals surface area (Å²) in [6.45, 7) is 6.62. The van der Waals surface area contributed by atoms with Gasteiger partial charge in [-0.2, -0.15) is 0 Å². The molecule has 2 fully saturated rings. The Kier molecular flexibility index (Phi) is 7.51. The summed E-state index contributed by atoms with van der Waals surface area (Å²) in [5, 5.41) is 6.19. The van der Waals surface area contributed by atoms with Crippen LogP contribution in [0.4, 0.5) is 0 Å². The van der Waals surface area contributed by atoms with E-state index >= 15 is 0 Å². The second-order valence-corrected chi connectivity index (χ2v) is 7.33. The molecule has 0 spiro atoms. The fraction of sp³-hybridized carbons (Fsp3) is 0.650. The lowest BCUT2D eigenvalue weighted by molar-refractivity contribution is -0.142. The van der Waals surface area contributed by atoms with E-state index in [-0.39, 0.29) is 17.9 Å². The number of aliphatic imine (C=N–C) groups is 1. The first-order valence-electron chi connectivity index (χ1n) is 10.3. The lowest BCUT2D eigenvalue weighted by atomic mass is 10.2. The minimum Gasteiger partial charge on any atom is -0.459 e. The molecule has 1 aromatic rings. The van der Waals surface area contributed by atoms with E-state index in [0.29, 0.717) is 38.5 Å². The third-order valence-electron chi connectivity index (χ3n) is 5.30. The number of ether oxygens (including phenoxy) is 1. The Morgan fingerprint density at radius 1 is 1.17 bits per heavy atom. The molecule has 0 radical (unpaired) electrons. The van der Waals surface area contributed by atoms with Gasteiger partial charge in [-0.15, -0.1) is 0 Å². The zero-order chi connectivity index (χ0) is 20.6. The first-order chi connectivity index (χ1) is 14.1. The number of hydrogen-bond acceptors (Lipinski definition) is 5. The number of rotatable bonds is 6. The lowest BCUT2D eigenvalue weighted by Gasteiger charge is -2.37. The smallest absolute Gasteiger partial charge is 0.287 e. The SMILES string of the molecule is CN=C(NCCCNC(=O)c1occc1C)N1CCN(C(=O)C2CCCO2)CC1. The molecule has 1 unspecified atom stereocenters. The molecule has 9 heteroatoms. The second-order valence-electron chi connectivity index (χ2n) is 7.33. The van der Waals surface area contributed by atoms with Gasteiger partial charge in [-0.25, -0.2) is 0 Å². The molecule has 160 valence electrons. The number of aryl methyl sites for hydroxylation is 1. The highest BCUT2D eigenvalue weighted by atomic mass is 16.5. The third kappa shape index (κ3) is 5.50. The van der Waals surface area contributed by atoms with Crippen molar-refractivity contribution in [3.8, 4) is 0 Å². The van der Waals surface area contributed by atoms with Crippen LogP contribution in [0.25, 0.3) is 0 Å². The monoisotopic (exact) mass is 405 g/mol. The normalized spacial score (nSPS) is 20.1. The van der Waals surface area contributed by atoms with E-state index in [4.69, 9.17) is 9.15 Å². The zero-order valence-electron chi connectivity index (χ0n) is 17.3. The van der Waals surface area contributed by atoms with E-state index in [2.05, 4.69) is 20.5 Å². The molecular weight excluding hydrogens is 374 g/mol. The molecule has 9 nitrogen and oxygen atoms in total. The van der Waals surface area contributed by atoms with E-state index in [1.165, 1.54) is 6.26 Å². The summed E-state index contributed by atoms with van der Waals surface area (Å²) in [5.74, 6) is 1.11. The van der Waals surface area contributed by atoms with Crippen LogP contribution in [0.1, 0.15) is 35.4 Å². The van der Waals surface area contributed by atoms with Gasteiger partial charge in [0, 0.05) is 58.5 Å². The van der Waals surface area contributed by atoms with Crippen molar-refractivity contribution >= 4 is 17.8 Å². The van der Waals surface area contributed by atoms with Gasteiger partial charge < -0.3 is 29.6 Å². The second kappa shape index (κ2) is 10.3. The van der Waals surface area contributed by atoms with Gasteiger partial charge in [-0.3, -0.25) is 14.6 Å². The Balaban J connectivity index is 1.34. The molecule has 0 aliphatic carbocycles. The van der Waals surface area contributed by atoms with Crippen LogP contribution >= 0.6 is 0 Å². The number of piperazine rings is 1. The molecule has 0 bridgehead atoms. The van der Waals surface area contributed by atoms with Crippen molar-refractivity contribution in [1.82, 2.24) is 20.4 Å². The summed E-state index contributed by atoms with van der Waals surface area (Å²) in [7, 11) is 1.76. The van der Waals surface area contributed by atoms with Crippen LogP contribution < -0.4 is 10.6 Å². The van der Waals surface area contributed by atoms with E-state index in [0.717, 1.165) is 43.9 Å². The predicted octanol–water partition coefficient (Wildman–Crippen LogP) is 0.607. The van der Waals surface area contributed by atoms with Crippen molar-refractivity contribution < 1.29 is 18.7 Å². The molecule has 0 saturated carbocycles. The molecule has 2 aliphatic rings. The van der Waals surface area contributed by atoms with Crippen LogP contribution in [0.3, 0.4) is 0 Å². The molecule has 2 aliphatic heterocycles. The van der Waals surface area contributed by atoms with Crippen molar-refractivity contribution in [2.24, 2.45) is 4.99 Å². The van der Waals surface area contributed by atoms with Crippen LogP contribution in [-0.4, -0.2) is 86.6 Å². The third-order valence-corrected chi connectivity index (χ3v) is 5.30. The van der Waals surface area contributed by atoms with Gasteiger partial charge in [0.15, 0.2) is 11.7 Å². The van der Waals surface area contributed by atoms with Gasteiger partial charge in [0.1, 0.15) is 6.10 Å². The maximum Gasteiger partial charge on any atom is 0.287 e. The van der Waals surface area contributed by atoms with E-state index in [1.807, 2.05) is 11.8 Å². The van der Waals surface area contributed by atoms with Crippen molar-refractivity contribution in [2.45, 2.75) is 32.3 Å². The van der Waals surface area contributed by atoms with Gasteiger partial charge in [0.2, 0.25) is 0 Å². The lowest BCUT2D eigenvalue weighted by Crippen LogP contribution is -2.55. The summed E-state index contributed by atoms with van der Waals surface area (Å²) in [4.78, 5) is 32.9. The molecule has 2 saturated heterocycles. The van der Waals surface area contributed by atoms with Crippen molar-refractivity contribution in [3.05, 3.63) is 23.7 Å². The number of amides is 2. The molecule has 3 heterocycles. The Morgan fingerprint density at radius 2 is 1.90 bits per heavy atom. The average Bonchev–Trinajstić information content (AvgIpc) is 3.42. The molecule has 2 N–H and O–H groups in total. The van der Waals surface area contributed by atoms with Gasteiger partial charge in [0.25, 0.3) is 11.8 Å². The van der Waals surface area contributed by atoms with Crippen LogP contribution in [-0.2, 0) is 9.53 Å². The minimum atomic E-state index is -0.251. The maximum absolute atomic E-state index is 12.4. The minimum absolute atomic E-state index is 0.118. The summed E-state index contributed by atoms with van der Waals surface area (Å²) < 4.78 is 10.7. The van der Waals surface area contributed by atoms with Gasteiger partial charge in [0.05, 0.1) is 6.26 Å². The molecule has 29 heavy (non-hydrogen) atoms. The molecule has 0 aromatic carbocycles. The predicted molar refractivity (Wildman–Crippen MR) is 109 cm³/mol. The fourth-order valence-electron chi connectivity index (χ4n) is 3.62. The summed E-state index contributed by atoms with van der Waals surface area (Å²) in [6, 6.07) is 1.77. The largest absolute Gasteiger partial charge is 0.459 e. The Morgan fingerprint density at radius 3 is 2.52 bits per heavy atom. The van der Waals surface area contributed by atoms with Crippen molar-refractivity contribution in [2.75, 3.05) is 52.9 Å². The molecule has 1 aromatic heterocycles. The van der Waals surface area contributed by atoms with E-state index < -0.39 is 0 Å². The topological polar surface area (TPSA) is 99.4 Å². The van der Waals surface area contributed by atoms with E-state index in [9.17, 15) is 9.59 Å². The maximum atomic E-state index is 12.4. The highest BCUT2D eigenvalue weighted by Crippen LogP contribution is 2.16. The van der Waals surface area contributed by atoms with Gasteiger partial charge in [-0.05, 0) is 32.3 Å². The number of carbonyl (C=O) groups is 2. The van der Waals surface area contributed by atoms with E-state index in [1.54, 1.807) is 13.1 Å². The number of hydrogen-bond donors (Lipinski definition) is 2. The number of carbonyl (C=O) groups excluding carboxylic acids is 2. The van der Waals surface area contributed by atoms with Crippen LogP contribution in [0, 0.1) is 6.92 Å². The number of furan rings is 1. The molecule has 1 atom stereocenters. The fourth-order valence-corrected chi connectivity index (χ4v) is 3.62. The summed E-state index contributed by atoms with van der Waals surface area (Å²) in [5.41, 5.74) is 0.832. The van der Waals surface area contributed by atoms with Crippen LogP contribution in [0.2, 0.25) is 0 Å².